The summed E-state index contributed by atoms with van der Waals surface area (Å²) in [4.78, 5) is 11.3. The Balaban J connectivity index is 4.61. The van der Waals surface area contributed by atoms with Gasteiger partial charge in [0, 0.05) is 0 Å². The second-order valence-electron chi connectivity index (χ2n) is 2.93. The van der Waals surface area contributed by atoms with E-state index < -0.39 is 17.9 Å². The maximum atomic E-state index is 12.0. The van der Waals surface area contributed by atoms with Crippen LogP contribution in [-0.2, 0) is 18.4 Å². The van der Waals surface area contributed by atoms with Crippen molar-refractivity contribution in [1.82, 2.24) is 0 Å². The Morgan fingerprint density at radius 2 is 1.73 bits per heavy atom. The second-order valence-corrected chi connectivity index (χ2v) is 5.98. The van der Waals surface area contributed by atoms with E-state index in [1.165, 1.54) is 0 Å². The topological polar surface area (TPSA) is 52.6 Å². The molecule has 0 aromatic heterocycles. The zero-order chi connectivity index (χ0) is 11.9. The van der Waals surface area contributed by atoms with Crippen LogP contribution in [0.4, 0.5) is 0 Å². The van der Waals surface area contributed by atoms with Crippen LogP contribution in [0.1, 0.15) is 33.6 Å². The molecule has 15 heavy (non-hydrogen) atoms. The highest BCUT2D eigenvalue weighted by atomic mass is 79.9. The fraction of sp³-hybridized carbons (Fsp3) is 0.889. The van der Waals surface area contributed by atoms with Crippen LogP contribution in [0.5, 0.6) is 0 Å². The predicted octanol–water partition coefficient (Wildman–Crippen LogP) is 3.34. The minimum atomic E-state index is -3.58. The molecule has 0 spiro atoms. The molecule has 4 nitrogen and oxygen atoms in total. The first-order valence-electron chi connectivity index (χ1n) is 5.09. The lowest BCUT2D eigenvalue weighted by Gasteiger charge is -2.17. The van der Waals surface area contributed by atoms with Gasteiger partial charge in [0.15, 0.2) is 0 Å². The molecule has 0 radical (unpaired) electrons. The molecule has 1 unspecified atom stereocenters. The summed E-state index contributed by atoms with van der Waals surface area (Å²) in [6, 6.07) is 0. The van der Waals surface area contributed by atoms with Gasteiger partial charge in [0.1, 0.15) is 0 Å². The van der Waals surface area contributed by atoms with E-state index in [0.717, 1.165) is 6.42 Å². The first-order valence-corrected chi connectivity index (χ1v) is 7.55. The quantitative estimate of drug-likeness (QED) is 0.509. The highest BCUT2D eigenvalue weighted by Crippen LogP contribution is 2.51. The van der Waals surface area contributed by atoms with Crippen molar-refractivity contribution in [2.24, 2.45) is 0 Å². The smallest absolute Gasteiger partial charge is 0.303 e. The predicted molar refractivity (Wildman–Crippen MR) is 63.5 cm³/mol. The number of halogens is 1. The number of carbonyl (C=O) groups is 1. The Bertz CT molecular complexity index is 234. The van der Waals surface area contributed by atoms with Crippen LogP contribution in [0.3, 0.4) is 0 Å². The summed E-state index contributed by atoms with van der Waals surface area (Å²) in [5.74, 6) is 0. The third-order valence-corrected chi connectivity index (χ3v) is 4.95. The maximum absolute atomic E-state index is 12.0. The molecule has 0 aliphatic rings. The molecular weight excluding hydrogens is 283 g/mol. The molecule has 0 rings (SSSR count). The van der Waals surface area contributed by atoms with Gasteiger partial charge in [0.25, 0.3) is 5.52 Å². The van der Waals surface area contributed by atoms with Crippen molar-refractivity contribution in [1.29, 1.82) is 0 Å². The number of hydrogen-bond acceptors (Lipinski definition) is 4. The Kier molecular flexibility index (Phi) is 7.70. The van der Waals surface area contributed by atoms with Gasteiger partial charge in [-0.25, -0.2) is 0 Å². The highest BCUT2D eigenvalue weighted by Gasteiger charge is 2.37. The zero-order valence-electron chi connectivity index (χ0n) is 9.36. The van der Waals surface area contributed by atoms with Crippen molar-refractivity contribution in [2.75, 3.05) is 13.2 Å². The molecule has 90 valence electrons. The van der Waals surface area contributed by atoms with Gasteiger partial charge in [0.2, 0.25) is 0 Å². The van der Waals surface area contributed by atoms with Crippen molar-refractivity contribution >= 4 is 29.1 Å². The lowest BCUT2D eigenvalue weighted by Crippen LogP contribution is -2.17. The second kappa shape index (κ2) is 7.55. The lowest BCUT2D eigenvalue weighted by atomic mass is 10.3. The summed E-state index contributed by atoms with van der Waals surface area (Å²) in [6.07, 6.45) is 1.46. The van der Waals surface area contributed by atoms with Crippen molar-refractivity contribution in [3.05, 3.63) is 0 Å². The average Bonchev–Trinajstić information content (AvgIpc) is 2.17. The molecule has 0 aromatic rings. The van der Waals surface area contributed by atoms with Crippen LogP contribution in [0.15, 0.2) is 0 Å². The van der Waals surface area contributed by atoms with Crippen LogP contribution < -0.4 is 0 Å². The van der Waals surface area contributed by atoms with Gasteiger partial charge in [-0.15, -0.1) is 0 Å². The summed E-state index contributed by atoms with van der Waals surface area (Å²) < 4.78 is 21.9. The molecule has 0 N–H and O–H groups in total. The minimum Gasteiger partial charge on any atom is -0.303 e. The largest absolute Gasteiger partial charge is 0.397 e. The van der Waals surface area contributed by atoms with Crippen LogP contribution in [0, 0.1) is 0 Å². The molecule has 0 saturated heterocycles. The van der Waals surface area contributed by atoms with E-state index in [9.17, 15) is 9.36 Å². The Labute approximate surface area is 99.4 Å². The van der Waals surface area contributed by atoms with E-state index in [0.29, 0.717) is 6.42 Å². The molecule has 1 atom stereocenters. The minimum absolute atomic E-state index is 0.203. The zero-order valence-corrected chi connectivity index (χ0v) is 11.8. The lowest BCUT2D eigenvalue weighted by molar-refractivity contribution is -0.113. The van der Waals surface area contributed by atoms with Gasteiger partial charge < -0.3 is 9.05 Å². The molecule has 6 heteroatoms. The third-order valence-electron chi connectivity index (χ3n) is 1.68. The summed E-state index contributed by atoms with van der Waals surface area (Å²) in [5, 5.41) is 0. The fourth-order valence-corrected chi connectivity index (χ4v) is 3.74. The molecule has 0 heterocycles. The summed E-state index contributed by atoms with van der Waals surface area (Å²) in [5.41, 5.74) is -0.479. The Morgan fingerprint density at radius 1 is 1.27 bits per heavy atom. The van der Waals surface area contributed by atoms with Crippen LogP contribution >= 0.6 is 23.5 Å². The number of alkyl halides is 1. The van der Waals surface area contributed by atoms with E-state index in [1.54, 1.807) is 13.8 Å². The van der Waals surface area contributed by atoms with Gasteiger partial charge in [-0.2, -0.15) is 0 Å². The van der Waals surface area contributed by atoms with E-state index in [1.807, 2.05) is 6.92 Å². The summed E-state index contributed by atoms with van der Waals surface area (Å²) in [6.45, 7) is 5.72. The summed E-state index contributed by atoms with van der Waals surface area (Å²) >= 11 is 3.20. The van der Waals surface area contributed by atoms with Crippen LogP contribution in [0.2, 0.25) is 0 Å². The third kappa shape index (κ3) is 4.77. The molecular formula is C9H18BrO4P. The highest BCUT2D eigenvalue weighted by molar-refractivity contribution is 9.10. The van der Waals surface area contributed by atoms with Crippen molar-refractivity contribution in [3.8, 4) is 0 Å². The van der Waals surface area contributed by atoms with E-state index >= 15 is 0 Å². The monoisotopic (exact) mass is 300 g/mol. The standard InChI is InChI=1S/C9H18BrO4P/c1-4-7-8(10)9(11)15(12,13-5-2)14-6-3/h8H,4-7H2,1-3H3. The van der Waals surface area contributed by atoms with Crippen LogP contribution in [0.25, 0.3) is 0 Å². The fourth-order valence-electron chi connectivity index (χ4n) is 1.05. The first-order chi connectivity index (χ1) is 7.01. The van der Waals surface area contributed by atoms with Crippen LogP contribution in [-0.4, -0.2) is 23.6 Å². The summed E-state index contributed by atoms with van der Waals surface area (Å²) in [7, 11) is -3.58. The first kappa shape index (κ1) is 15.3. The van der Waals surface area contributed by atoms with Crippen molar-refractivity contribution < 1.29 is 18.4 Å². The molecule has 0 aliphatic carbocycles. The maximum Gasteiger partial charge on any atom is 0.397 e. The van der Waals surface area contributed by atoms with Gasteiger partial charge >= 0.3 is 7.60 Å². The SMILES string of the molecule is CCCC(Br)C(=O)P(=O)(OCC)OCC. The Morgan fingerprint density at radius 3 is 2.07 bits per heavy atom. The molecule has 0 aromatic carbocycles. The van der Waals surface area contributed by atoms with E-state index in [4.69, 9.17) is 9.05 Å². The van der Waals surface area contributed by atoms with Gasteiger partial charge in [0.05, 0.1) is 18.0 Å². The van der Waals surface area contributed by atoms with Gasteiger partial charge in [-0.05, 0) is 20.3 Å². The van der Waals surface area contributed by atoms with Gasteiger partial charge in [-0.3, -0.25) is 9.36 Å². The molecule has 0 amide bonds. The number of rotatable bonds is 8. The Hall–Kier alpha value is 0.300. The molecule has 0 saturated carbocycles. The van der Waals surface area contributed by atoms with Gasteiger partial charge in [-0.1, -0.05) is 29.3 Å². The average molecular weight is 301 g/mol. The number of hydrogen-bond donors (Lipinski definition) is 0. The van der Waals surface area contributed by atoms with Crippen molar-refractivity contribution in [3.63, 3.8) is 0 Å². The molecule has 0 aliphatic heterocycles. The van der Waals surface area contributed by atoms with E-state index in [2.05, 4.69) is 15.9 Å². The normalized spacial score (nSPS) is 13.9. The number of carbonyl (C=O) groups excluding carboxylic acids is 1. The van der Waals surface area contributed by atoms with E-state index in [-0.39, 0.29) is 13.2 Å². The van der Waals surface area contributed by atoms with Crippen molar-refractivity contribution in [2.45, 2.75) is 38.4 Å². The molecule has 0 bridgehead atoms. The molecule has 0 fully saturated rings.